The van der Waals surface area contributed by atoms with Crippen LogP contribution in [0.2, 0.25) is 0 Å². The van der Waals surface area contributed by atoms with E-state index < -0.39 is 6.35 Å². The first kappa shape index (κ1) is 19.6. The molecule has 3 rings (SSSR count). The molecule has 0 radical (unpaired) electrons. The van der Waals surface area contributed by atoms with Gasteiger partial charge in [0, 0.05) is 25.8 Å². The van der Waals surface area contributed by atoms with E-state index in [2.05, 4.69) is 20.6 Å². The normalized spacial score (nSPS) is 15.1. The fourth-order valence-corrected chi connectivity index (χ4v) is 2.78. The molecule has 0 saturated heterocycles. The fourth-order valence-electron chi connectivity index (χ4n) is 2.78. The van der Waals surface area contributed by atoms with Gasteiger partial charge >= 0.3 is 6.01 Å². The quantitative estimate of drug-likeness (QED) is 0.478. The van der Waals surface area contributed by atoms with Gasteiger partial charge in [-0.05, 0) is 24.6 Å². The van der Waals surface area contributed by atoms with E-state index >= 15 is 0 Å². The Balaban J connectivity index is 1.77. The van der Waals surface area contributed by atoms with Crippen molar-refractivity contribution in [2.45, 2.75) is 19.8 Å². The van der Waals surface area contributed by atoms with Crippen LogP contribution in [0.1, 0.15) is 22.8 Å². The molecule has 1 amide bonds. The summed E-state index contributed by atoms with van der Waals surface area (Å²) in [5, 5.41) is 16.0. The number of amides is 1. The molecule has 5 N–H and O–H groups in total. The van der Waals surface area contributed by atoms with Crippen LogP contribution in [0, 0.1) is 0 Å². The van der Waals surface area contributed by atoms with Crippen LogP contribution in [0.5, 0.6) is 6.01 Å². The lowest BCUT2D eigenvalue weighted by atomic mass is 10.1. The van der Waals surface area contributed by atoms with Crippen LogP contribution in [-0.4, -0.2) is 54.2 Å². The molecule has 1 aliphatic heterocycles. The van der Waals surface area contributed by atoms with Crippen molar-refractivity contribution in [2.24, 2.45) is 0 Å². The third kappa shape index (κ3) is 4.24. The second kappa shape index (κ2) is 8.72. The summed E-state index contributed by atoms with van der Waals surface area (Å²) >= 11 is 0. The van der Waals surface area contributed by atoms with Gasteiger partial charge in [-0.1, -0.05) is 12.1 Å². The van der Waals surface area contributed by atoms with Crippen molar-refractivity contribution in [3.05, 3.63) is 35.4 Å². The number of methoxy groups -OCH3 is 1. The zero-order valence-electron chi connectivity index (χ0n) is 15.8. The molecular weight excluding hydrogens is 364 g/mol. The fraction of sp³-hybridized carbons (Fsp3) is 0.389. The number of hydrogen-bond donors (Lipinski definition) is 4. The molecule has 28 heavy (non-hydrogen) atoms. The molecule has 1 atom stereocenters. The Morgan fingerprint density at radius 3 is 2.75 bits per heavy atom. The number of nitrogens with zero attached hydrogens (tertiary/aromatic N) is 3. The van der Waals surface area contributed by atoms with Crippen molar-refractivity contribution < 1.29 is 19.4 Å². The highest BCUT2D eigenvalue weighted by Crippen LogP contribution is 2.37. The minimum Gasteiger partial charge on any atom is -0.461 e. The molecule has 2 aromatic rings. The van der Waals surface area contributed by atoms with Crippen LogP contribution in [-0.2, 0) is 11.3 Å². The zero-order valence-corrected chi connectivity index (χ0v) is 15.8. The molecule has 1 aromatic heterocycles. The minimum absolute atomic E-state index is 0.112. The Labute approximate surface area is 162 Å². The number of fused-ring (bicyclic) bond motifs is 1. The van der Waals surface area contributed by atoms with Crippen LogP contribution in [0.25, 0.3) is 0 Å². The Bertz CT molecular complexity index is 830. The predicted molar refractivity (Wildman–Crippen MR) is 104 cm³/mol. The molecule has 0 fully saturated rings. The SMILES string of the molecule is CCNC(=O)c1ccc(CN2c3nc(OCCOC)nc(N)c3NC2O)cc1. The molecule has 0 spiro atoms. The van der Waals surface area contributed by atoms with Gasteiger partial charge in [-0.3, -0.25) is 4.79 Å². The molecule has 150 valence electrons. The molecule has 2 heterocycles. The molecule has 10 heteroatoms. The summed E-state index contributed by atoms with van der Waals surface area (Å²) in [5.41, 5.74) is 7.88. The number of carbonyl (C=O) groups is 1. The van der Waals surface area contributed by atoms with Crippen molar-refractivity contribution in [3.63, 3.8) is 0 Å². The molecule has 1 aliphatic rings. The van der Waals surface area contributed by atoms with Crippen LogP contribution in [0.15, 0.2) is 24.3 Å². The number of nitrogens with two attached hydrogens (primary N) is 1. The van der Waals surface area contributed by atoms with Gasteiger partial charge in [0.25, 0.3) is 5.91 Å². The number of ether oxygens (including phenoxy) is 2. The lowest BCUT2D eigenvalue weighted by Crippen LogP contribution is -2.35. The van der Waals surface area contributed by atoms with Gasteiger partial charge in [0.1, 0.15) is 12.3 Å². The lowest BCUT2D eigenvalue weighted by Gasteiger charge is -2.21. The van der Waals surface area contributed by atoms with E-state index in [1.54, 1.807) is 24.1 Å². The highest BCUT2D eigenvalue weighted by molar-refractivity contribution is 5.94. The summed E-state index contributed by atoms with van der Waals surface area (Å²) in [7, 11) is 1.57. The summed E-state index contributed by atoms with van der Waals surface area (Å²) in [6.45, 7) is 3.46. The first-order chi connectivity index (χ1) is 13.5. The second-order valence-corrected chi connectivity index (χ2v) is 6.13. The van der Waals surface area contributed by atoms with Gasteiger partial charge in [0.2, 0.25) is 6.35 Å². The van der Waals surface area contributed by atoms with Crippen molar-refractivity contribution in [2.75, 3.05) is 42.8 Å². The van der Waals surface area contributed by atoms with Gasteiger partial charge in [-0.15, -0.1) is 0 Å². The zero-order chi connectivity index (χ0) is 20.1. The number of hydrogen-bond acceptors (Lipinski definition) is 9. The summed E-state index contributed by atoms with van der Waals surface area (Å²) in [6, 6.07) is 7.25. The maximum atomic E-state index is 11.9. The number of anilines is 3. The van der Waals surface area contributed by atoms with Gasteiger partial charge in [0.05, 0.1) is 6.61 Å². The van der Waals surface area contributed by atoms with Crippen molar-refractivity contribution in [1.82, 2.24) is 15.3 Å². The third-order valence-corrected chi connectivity index (χ3v) is 4.16. The average molecular weight is 388 g/mol. The Morgan fingerprint density at radius 1 is 1.32 bits per heavy atom. The topological polar surface area (TPSA) is 135 Å². The van der Waals surface area contributed by atoms with E-state index in [1.165, 1.54) is 0 Å². The smallest absolute Gasteiger partial charge is 0.320 e. The van der Waals surface area contributed by atoms with Gasteiger partial charge < -0.3 is 35.8 Å². The number of carbonyl (C=O) groups excluding carboxylic acids is 1. The van der Waals surface area contributed by atoms with Crippen molar-refractivity contribution in [3.8, 4) is 6.01 Å². The molecule has 0 aliphatic carbocycles. The molecule has 1 aromatic carbocycles. The van der Waals surface area contributed by atoms with Crippen LogP contribution < -0.4 is 26.0 Å². The van der Waals surface area contributed by atoms with Crippen molar-refractivity contribution >= 4 is 23.2 Å². The number of aromatic nitrogens is 2. The highest BCUT2D eigenvalue weighted by Gasteiger charge is 2.32. The van der Waals surface area contributed by atoms with Gasteiger partial charge in [-0.25, -0.2) is 0 Å². The molecular formula is C18H24N6O4. The summed E-state index contributed by atoms with van der Waals surface area (Å²) in [5.74, 6) is 0.506. The molecule has 1 unspecified atom stereocenters. The van der Waals surface area contributed by atoms with E-state index in [-0.39, 0.29) is 24.3 Å². The van der Waals surface area contributed by atoms with Crippen LogP contribution in [0.3, 0.4) is 0 Å². The largest absolute Gasteiger partial charge is 0.461 e. The van der Waals surface area contributed by atoms with Crippen LogP contribution >= 0.6 is 0 Å². The highest BCUT2D eigenvalue weighted by atomic mass is 16.5. The van der Waals surface area contributed by atoms with Crippen LogP contribution in [0.4, 0.5) is 17.3 Å². The maximum Gasteiger partial charge on any atom is 0.320 e. The number of rotatable bonds is 8. The van der Waals surface area contributed by atoms with Gasteiger partial charge in [0.15, 0.2) is 11.6 Å². The van der Waals surface area contributed by atoms with E-state index in [1.807, 2.05) is 19.1 Å². The third-order valence-electron chi connectivity index (χ3n) is 4.16. The second-order valence-electron chi connectivity index (χ2n) is 6.13. The molecule has 0 saturated carbocycles. The van der Waals surface area contributed by atoms with E-state index in [0.29, 0.717) is 36.8 Å². The number of aliphatic hydroxyl groups is 1. The van der Waals surface area contributed by atoms with Gasteiger partial charge in [-0.2, -0.15) is 9.97 Å². The first-order valence-electron chi connectivity index (χ1n) is 8.91. The summed E-state index contributed by atoms with van der Waals surface area (Å²) in [4.78, 5) is 22.0. The average Bonchev–Trinajstić information content (AvgIpc) is 2.99. The van der Waals surface area contributed by atoms with E-state index in [0.717, 1.165) is 5.56 Å². The number of aliphatic hydroxyl groups excluding tert-OH is 1. The first-order valence-corrected chi connectivity index (χ1v) is 8.91. The number of nitrogen functional groups attached to an aromatic ring is 1. The minimum atomic E-state index is -1.01. The summed E-state index contributed by atoms with van der Waals surface area (Å²) in [6.07, 6.45) is -1.01. The Morgan fingerprint density at radius 2 is 2.07 bits per heavy atom. The standard InChI is InChI=1S/C18H24N6O4/c1-3-20-16(25)12-6-4-11(5-7-12)10-24-15-13(21-18(24)26)14(19)22-17(23-15)28-9-8-27-2/h4-7,18,21,26H,3,8-10H2,1-2H3,(H,20,25)(H2,19,22,23). The number of nitrogens with one attached hydrogen (secondary N) is 2. The Hall–Kier alpha value is -3.11. The predicted octanol–water partition coefficient (Wildman–Crippen LogP) is 0.542. The number of benzene rings is 1. The lowest BCUT2D eigenvalue weighted by molar-refractivity contribution is 0.0955. The monoisotopic (exact) mass is 388 g/mol. The molecule has 0 bridgehead atoms. The van der Waals surface area contributed by atoms with E-state index in [9.17, 15) is 9.90 Å². The van der Waals surface area contributed by atoms with E-state index in [4.69, 9.17) is 15.2 Å². The molecule has 10 nitrogen and oxygen atoms in total. The Kier molecular flexibility index (Phi) is 6.12. The summed E-state index contributed by atoms with van der Waals surface area (Å²) < 4.78 is 10.4. The maximum absolute atomic E-state index is 11.9. The van der Waals surface area contributed by atoms with Crippen molar-refractivity contribution in [1.29, 1.82) is 0 Å².